The predicted octanol–water partition coefficient (Wildman–Crippen LogP) is 3.05. The van der Waals surface area contributed by atoms with E-state index in [0.29, 0.717) is 0 Å². The Balaban J connectivity index is 2.37. The molecular formula is C14H11F3N2O3. The van der Waals surface area contributed by atoms with E-state index in [1.165, 1.54) is 30.3 Å². The molecule has 0 spiro atoms. The van der Waals surface area contributed by atoms with E-state index in [9.17, 15) is 18.0 Å². The van der Waals surface area contributed by atoms with Crippen molar-refractivity contribution in [2.45, 2.75) is 12.7 Å². The first kappa shape index (κ1) is 15.8. The molecule has 0 bridgehead atoms. The Bertz CT molecular complexity index is 702. The molecule has 0 atom stereocenters. The topological polar surface area (TPSA) is 85.4 Å². The van der Waals surface area contributed by atoms with Crippen LogP contribution in [0.4, 0.5) is 13.2 Å². The van der Waals surface area contributed by atoms with Gasteiger partial charge in [0.1, 0.15) is 11.4 Å². The molecule has 5 nitrogen and oxygen atoms in total. The fraction of sp³-hybridized carbons (Fsp3) is 0.143. The lowest BCUT2D eigenvalue weighted by atomic mass is 10.2. The molecule has 0 saturated carbocycles. The summed E-state index contributed by atoms with van der Waals surface area (Å²) in [5.74, 6) is -1.42. The van der Waals surface area contributed by atoms with Gasteiger partial charge in [0.15, 0.2) is 0 Å². The first-order valence-corrected chi connectivity index (χ1v) is 6.09. The van der Waals surface area contributed by atoms with Gasteiger partial charge in [-0.3, -0.25) is 0 Å². The van der Waals surface area contributed by atoms with E-state index >= 15 is 0 Å². The van der Waals surface area contributed by atoms with Crippen LogP contribution in [0, 0.1) is 0 Å². The summed E-state index contributed by atoms with van der Waals surface area (Å²) in [6.45, 7) is -0.114. The molecule has 22 heavy (non-hydrogen) atoms. The third kappa shape index (κ3) is 3.73. The minimum Gasteiger partial charge on any atom is -0.478 e. The molecule has 0 saturated heterocycles. The van der Waals surface area contributed by atoms with Gasteiger partial charge >= 0.3 is 12.1 Å². The summed E-state index contributed by atoms with van der Waals surface area (Å²) in [6.07, 6.45) is -4.63. The van der Waals surface area contributed by atoms with E-state index in [0.717, 1.165) is 6.07 Å². The van der Waals surface area contributed by atoms with Crippen molar-refractivity contribution < 1.29 is 27.8 Å². The van der Waals surface area contributed by atoms with E-state index in [1.807, 2.05) is 0 Å². The Kier molecular flexibility index (Phi) is 4.32. The SMILES string of the molecule is NCc1cc(Oc2cccc(C(=O)O)c2)nc(C(F)(F)F)c1. The lowest BCUT2D eigenvalue weighted by molar-refractivity contribution is -0.141. The van der Waals surface area contributed by atoms with Gasteiger partial charge in [0.05, 0.1) is 5.56 Å². The Morgan fingerprint density at radius 1 is 1.27 bits per heavy atom. The van der Waals surface area contributed by atoms with Crippen molar-refractivity contribution in [1.82, 2.24) is 4.98 Å². The summed E-state index contributed by atoms with van der Waals surface area (Å²) in [7, 11) is 0. The molecule has 2 aromatic rings. The molecule has 0 aliphatic heterocycles. The van der Waals surface area contributed by atoms with Crippen molar-refractivity contribution in [1.29, 1.82) is 0 Å². The first-order valence-electron chi connectivity index (χ1n) is 6.09. The number of alkyl halides is 3. The predicted molar refractivity (Wildman–Crippen MR) is 70.6 cm³/mol. The van der Waals surface area contributed by atoms with Gasteiger partial charge < -0.3 is 15.6 Å². The molecule has 8 heteroatoms. The number of aromatic carboxylic acids is 1. The second kappa shape index (κ2) is 6.02. The highest BCUT2D eigenvalue weighted by Crippen LogP contribution is 2.31. The number of ether oxygens (including phenoxy) is 1. The number of nitrogens with two attached hydrogens (primary N) is 1. The van der Waals surface area contributed by atoms with Gasteiger partial charge in [-0.2, -0.15) is 13.2 Å². The molecule has 0 aliphatic carbocycles. The maximum atomic E-state index is 12.8. The van der Waals surface area contributed by atoms with E-state index in [2.05, 4.69) is 4.98 Å². The average molecular weight is 312 g/mol. The van der Waals surface area contributed by atoms with E-state index in [1.54, 1.807) is 0 Å². The second-order valence-electron chi connectivity index (χ2n) is 4.34. The van der Waals surface area contributed by atoms with Crippen molar-refractivity contribution in [2.75, 3.05) is 0 Å². The van der Waals surface area contributed by atoms with Crippen molar-refractivity contribution in [2.24, 2.45) is 5.73 Å². The number of nitrogens with zero attached hydrogens (tertiary/aromatic N) is 1. The number of carbonyl (C=O) groups is 1. The molecule has 0 fully saturated rings. The summed E-state index contributed by atoms with van der Waals surface area (Å²) in [6, 6.07) is 7.45. The number of hydrogen-bond donors (Lipinski definition) is 2. The van der Waals surface area contributed by atoms with Crippen LogP contribution in [0.1, 0.15) is 21.6 Å². The van der Waals surface area contributed by atoms with Gasteiger partial charge in [-0.05, 0) is 29.8 Å². The van der Waals surface area contributed by atoms with E-state index < -0.39 is 17.8 Å². The van der Waals surface area contributed by atoms with Crippen molar-refractivity contribution in [3.05, 3.63) is 53.2 Å². The molecule has 116 valence electrons. The smallest absolute Gasteiger partial charge is 0.433 e. The molecular weight excluding hydrogens is 301 g/mol. The van der Waals surface area contributed by atoms with Crippen molar-refractivity contribution >= 4 is 5.97 Å². The average Bonchev–Trinajstić information content (AvgIpc) is 2.46. The number of pyridine rings is 1. The number of halogens is 3. The van der Waals surface area contributed by atoms with E-state index in [4.69, 9.17) is 15.6 Å². The minimum absolute atomic E-state index is 0.0523. The third-order valence-electron chi connectivity index (χ3n) is 2.69. The molecule has 0 aliphatic rings. The zero-order chi connectivity index (χ0) is 16.3. The molecule has 1 aromatic carbocycles. The van der Waals surface area contributed by atoms with Crippen LogP contribution >= 0.6 is 0 Å². The Morgan fingerprint density at radius 2 is 2.00 bits per heavy atom. The number of aromatic nitrogens is 1. The highest BCUT2D eigenvalue weighted by molar-refractivity contribution is 5.88. The maximum Gasteiger partial charge on any atom is 0.433 e. The second-order valence-corrected chi connectivity index (χ2v) is 4.34. The molecule has 2 rings (SSSR count). The molecule has 0 radical (unpaired) electrons. The lowest BCUT2D eigenvalue weighted by Gasteiger charge is -2.11. The summed E-state index contributed by atoms with van der Waals surface area (Å²) in [5.41, 5.74) is 4.38. The monoisotopic (exact) mass is 312 g/mol. The molecule has 1 aromatic heterocycles. The van der Waals surface area contributed by atoms with Crippen LogP contribution in [0.3, 0.4) is 0 Å². The van der Waals surface area contributed by atoms with Gasteiger partial charge in [0.25, 0.3) is 0 Å². The zero-order valence-electron chi connectivity index (χ0n) is 11.1. The van der Waals surface area contributed by atoms with Crippen LogP contribution in [-0.4, -0.2) is 16.1 Å². The molecule has 0 amide bonds. The lowest BCUT2D eigenvalue weighted by Crippen LogP contribution is -2.10. The van der Waals surface area contributed by atoms with Crippen LogP contribution in [0.15, 0.2) is 36.4 Å². The summed E-state index contributed by atoms with van der Waals surface area (Å²) in [5, 5.41) is 8.87. The van der Waals surface area contributed by atoms with Crippen LogP contribution < -0.4 is 10.5 Å². The van der Waals surface area contributed by atoms with Crippen LogP contribution in [0.5, 0.6) is 11.6 Å². The Morgan fingerprint density at radius 3 is 2.59 bits per heavy atom. The number of carboxylic acids is 1. The minimum atomic E-state index is -4.63. The van der Waals surface area contributed by atoms with Crippen molar-refractivity contribution in [3.63, 3.8) is 0 Å². The fourth-order valence-corrected chi connectivity index (χ4v) is 1.69. The van der Waals surface area contributed by atoms with Crippen molar-refractivity contribution in [3.8, 4) is 11.6 Å². The van der Waals surface area contributed by atoms with Gasteiger partial charge in [-0.15, -0.1) is 0 Å². The number of rotatable bonds is 4. The molecule has 1 heterocycles. The van der Waals surface area contributed by atoms with Gasteiger partial charge in [0.2, 0.25) is 5.88 Å². The van der Waals surface area contributed by atoms with E-state index in [-0.39, 0.29) is 29.3 Å². The highest BCUT2D eigenvalue weighted by atomic mass is 19.4. The number of carboxylic acid groups (broad SMARTS) is 1. The maximum absolute atomic E-state index is 12.8. The Labute approximate surface area is 123 Å². The number of benzene rings is 1. The van der Waals surface area contributed by atoms with Crippen LogP contribution in [0.2, 0.25) is 0 Å². The number of hydrogen-bond acceptors (Lipinski definition) is 4. The quantitative estimate of drug-likeness (QED) is 0.906. The summed E-state index contributed by atoms with van der Waals surface area (Å²) >= 11 is 0. The fourth-order valence-electron chi connectivity index (χ4n) is 1.69. The Hall–Kier alpha value is -2.61. The standard InChI is InChI=1S/C14H11F3N2O3/c15-14(16,17)11-4-8(7-18)5-12(19-11)22-10-3-1-2-9(6-10)13(20)21/h1-6H,7,18H2,(H,20,21). The van der Waals surface area contributed by atoms with Gasteiger partial charge in [0, 0.05) is 12.6 Å². The van der Waals surface area contributed by atoms with Gasteiger partial charge in [-0.25, -0.2) is 9.78 Å². The largest absolute Gasteiger partial charge is 0.478 e. The van der Waals surface area contributed by atoms with Gasteiger partial charge in [-0.1, -0.05) is 6.07 Å². The summed E-state index contributed by atoms with van der Waals surface area (Å²) < 4.78 is 43.5. The first-order chi connectivity index (χ1) is 10.3. The summed E-state index contributed by atoms with van der Waals surface area (Å²) in [4.78, 5) is 14.2. The highest BCUT2D eigenvalue weighted by Gasteiger charge is 2.33. The molecule has 3 N–H and O–H groups in total. The normalized spacial score (nSPS) is 11.3. The molecule has 0 unspecified atom stereocenters. The third-order valence-corrected chi connectivity index (χ3v) is 2.69. The van der Waals surface area contributed by atoms with Crippen LogP contribution in [0.25, 0.3) is 0 Å². The van der Waals surface area contributed by atoms with Crippen LogP contribution in [-0.2, 0) is 12.7 Å². The zero-order valence-corrected chi connectivity index (χ0v) is 11.1.